The molecule has 2 N–H and O–H groups in total. The number of ether oxygens (including phenoxy) is 1. The van der Waals surface area contributed by atoms with E-state index in [1.807, 2.05) is 0 Å². The minimum atomic E-state index is -3.86. The Morgan fingerprint density at radius 2 is 1.71 bits per heavy atom. The minimum absolute atomic E-state index is 0. The van der Waals surface area contributed by atoms with Crippen molar-refractivity contribution in [1.29, 1.82) is 0 Å². The first-order valence-corrected chi connectivity index (χ1v) is 6.45. The van der Waals surface area contributed by atoms with Gasteiger partial charge in [-0.25, -0.2) is 0 Å². The molecule has 1 rings (SSSR count). The summed E-state index contributed by atoms with van der Waals surface area (Å²) >= 11 is 0. The maximum absolute atomic E-state index is 10.4. The molecule has 0 fully saturated rings. The number of unbranched alkanes of at least 4 members (excludes halogenated alkanes) is 1. The first kappa shape index (κ1) is 16.7. The molecular formula is C10H15NaO5S. The summed E-state index contributed by atoms with van der Waals surface area (Å²) in [5.41, 5.74) is 0. The van der Waals surface area contributed by atoms with Crippen molar-refractivity contribution in [3.05, 3.63) is 24.3 Å². The molecule has 0 saturated heterocycles. The van der Waals surface area contributed by atoms with Gasteiger partial charge >= 0.3 is 29.6 Å². The van der Waals surface area contributed by atoms with Crippen LogP contribution in [0.2, 0.25) is 0 Å². The van der Waals surface area contributed by atoms with Crippen molar-refractivity contribution in [3.8, 4) is 11.5 Å². The monoisotopic (exact) mass is 270 g/mol. The van der Waals surface area contributed by atoms with Crippen LogP contribution in [0.3, 0.4) is 0 Å². The summed E-state index contributed by atoms with van der Waals surface area (Å²) in [5.74, 6) is 0.537. The first-order chi connectivity index (χ1) is 7.47. The average Bonchev–Trinajstić information content (AvgIpc) is 2.19. The molecule has 0 aliphatic heterocycles. The molecule has 0 bridgehead atoms. The Labute approximate surface area is 123 Å². The number of benzene rings is 1. The van der Waals surface area contributed by atoms with Crippen LogP contribution in [0, 0.1) is 0 Å². The quantitative estimate of drug-likeness (QED) is 0.453. The van der Waals surface area contributed by atoms with Gasteiger partial charge in [0, 0.05) is 0 Å². The Kier molecular flexibility index (Phi) is 7.82. The van der Waals surface area contributed by atoms with Crippen LogP contribution in [0.1, 0.15) is 12.8 Å². The van der Waals surface area contributed by atoms with Crippen LogP contribution in [-0.4, -0.2) is 60.0 Å². The number of hydrogen-bond acceptors (Lipinski definition) is 4. The van der Waals surface area contributed by atoms with E-state index in [-0.39, 0.29) is 41.1 Å². The zero-order chi connectivity index (χ0) is 12.0. The fourth-order valence-electron chi connectivity index (χ4n) is 1.12. The van der Waals surface area contributed by atoms with Crippen LogP contribution in [0.4, 0.5) is 0 Å². The predicted octanol–water partition coefficient (Wildman–Crippen LogP) is 0.790. The van der Waals surface area contributed by atoms with Gasteiger partial charge in [0.05, 0.1) is 12.4 Å². The average molecular weight is 270 g/mol. The fraction of sp³-hybridized carbons (Fsp3) is 0.400. The van der Waals surface area contributed by atoms with Gasteiger partial charge in [-0.2, -0.15) is 8.42 Å². The van der Waals surface area contributed by atoms with Crippen molar-refractivity contribution in [1.82, 2.24) is 0 Å². The molecule has 17 heavy (non-hydrogen) atoms. The number of phenols is 1. The molecule has 0 atom stereocenters. The molecule has 0 unspecified atom stereocenters. The third kappa shape index (κ3) is 8.45. The number of hydrogen-bond donors (Lipinski definition) is 2. The number of phenolic OH excluding ortho intramolecular Hbond substituents is 1. The van der Waals surface area contributed by atoms with Gasteiger partial charge in [0.2, 0.25) is 0 Å². The Morgan fingerprint density at radius 3 is 2.24 bits per heavy atom. The van der Waals surface area contributed by atoms with Crippen LogP contribution < -0.4 is 4.74 Å². The predicted molar refractivity (Wildman–Crippen MR) is 66.4 cm³/mol. The molecule has 92 valence electrons. The SMILES string of the molecule is O=S(=O)(O)CCCCOc1ccc(O)cc1.[NaH]. The molecule has 1 aromatic rings. The third-order valence-electron chi connectivity index (χ3n) is 1.90. The Hall–Kier alpha value is -0.270. The molecule has 0 aliphatic rings. The van der Waals surface area contributed by atoms with E-state index in [1.54, 1.807) is 12.1 Å². The number of aromatic hydroxyl groups is 1. The Balaban J connectivity index is 0.00000256. The van der Waals surface area contributed by atoms with E-state index in [4.69, 9.17) is 14.4 Å². The molecule has 0 amide bonds. The van der Waals surface area contributed by atoms with Crippen molar-refractivity contribution in [3.63, 3.8) is 0 Å². The second-order valence-corrected chi connectivity index (χ2v) is 4.91. The normalized spacial score (nSPS) is 10.6. The second kappa shape index (κ2) is 7.94. The summed E-state index contributed by atoms with van der Waals surface area (Å²) in [4.78, 5) is 0. The fourth-order valence-corrected chi connectivity index (χ4v) is 1.69. The second-order valence-electron chi connectivity index (χ2n) is 3.34. The Morgan fingerprint density at radius 1 is 1.12 bits per heavy atom. The van der Waals surface area contributed by atoms with Gasteiger partial charge in [0.15, 0.2) is 0 Å². The van der Waals surface area contributed by atoms with Crippen LogP contribution in [-0.2, 0) is 10.1 Å². The van der Waals surface area contributed by atoms with E-state index >= 15 is 0 Å². The van der Waals surface area contributed by atoms with Crippen LogP contribution in [0.25, 0.3) is 0 Å². The summed E-state index contributed by atoms with van der Waals surface area (Å²) in [7, 11) is -3.86. The molecule has 7 heteroatoms. The van der Waals surface area contributed by atoms with Gasteiger partial charge in [-0.1, -0.05) is 0 Å². The van der Waals surface area contributed by atoms with Gasteiger partial charge in [-0.3, -0.25) is 4.55 Å². The molecule has 0 saturated carbocycles. The van der Waals surface area contributed by atoms with E-state index < -0.39 is 10.1 Å². The van der Waals surface area contributed by atoms with Crippen molar-refractivity contribution >= 4 is 39.7 Å². The summed E-state index contributed by atoms with van der Waals surface area (Å²) in [6.45, 7) is 0.375. The van der Waals surface area contributed by atoms with Crippen LogP contribution >= 0.6 is 0 Å². The van der Waals surface area contributed by atoms with E-state index in [9.17, 15) is 8.42 Å². The first-order valence-electron chi connectivity index (χ1n) is 4.84. The molecular weight excluding hydrogens is 255 g/mol. The van der Waals surface area contributed by atoms with Gasteiger partial charge < -0.3 is 9.84 Å². The molecule has 1 aromatic carbocycles. The Bertz CT molecular complexity index is 415. The molecule has 5 nitrogen and oxygen atoms in total. The molecule has 0 aliphatic carbocycles. The third-order valence-corrected chi connectivity index (χ3v) is 2.71. The van der Waals surface area contributed by atoms with E-state index in [1.165, 1.54) is 12.1 Å². The van der Waals surface area contributed by atoms with E-state index in [0.29, 0.717) is 25.2 Å². The van der Waals surface area contributed by atoms with Gasteiger partial charge in [-0.05, 0) is 37.1 Å². The zero-order valence-corrected chi connectivity index (χ0v) is 9.48. The van der Waals surface area contributed by atoms with E-state index in [0.717, 1.165) is 0 Å². The van der Waals surface area contributed by atoms with Crippen LogP contribution in [0.15, 0.2) is 24.3 Å². The topological polar surface area (TPSA) is 83.8 Å². The van der Waals surface area contributed by atoms with E-state index in [2.05, 4.69) is 0 Å². The maximum atomic E-state index is 10.4. The van der Waals surface area contributed by atoms with Crippen LogP contribution in [0.5, 0.6) is 11.5 Å². The molecule has 0 aromatic heterocycles. The molecule has 0 heterocycles. The van der Waals surface area contributed by atoms with Crippen molar-refractivity contribution < 1.29 is 22.8 Å². The van der Waals surface area contributed by atoms with Gasteiger partial charge in [-0.15, -0.1) is 0 Å². The standard InChI is InChI=1S/C10H14O5S.Na.H/c11-9-3-5-10(6-4-9)15-7-1-2-8-16(12,13)14;;/h3-6,11H,1-2,7-8H2,(H,12,13,14);;. The summed E-state index contributed by atoms with van der Waals surface area (Å²) in [5, 5.41) is 9.01. The molecule has 0 spiro atoms. The summed E-state index contributed by atoms with van der Waals surface area (Å²) in [6, 6.07) is 6.26. The molecule has 0 radical (unpaired) electrons. The zero-order valence-electron chi connectivity index (χ0n) is 8.67. The van der Waals surface area contributed by atoms with Gasteiger partial charge in [0.1, 0.15) is 11.5 Å². The van der Waals surface area contributed by atoms with Crippen molar-refractivity contribution in [2.45, 2.75) is 12.8 Å². The summed E-state index contributed by atoms with van der Waals surface area (Å²) < 4.78 is 34.5. The summed E-state index contributed by atoms with van der Waals surface area (Å²) in [6.07, 6.45) is 0.900. The van der Waals surface area contributed by atoms with Gasteiger partial charge in [0.25, 0.3) is 10.1 Å². The van der Waals surface area contributed by atoms with Crippen molar-refractivity contribution in [2.24, 2.45) is 0 Å². The van der Waals surface area contributed by atoms with Crippen molar-refractivity contribution in [2.75, 3.05) is 12.4 Å². The number of rotatable bonds is 6.